The number of aromatic nitrogens is 3. The molecule has 2 heterocycles. The van der Waals surface area contributed by atoms with E-state index in [1.54, 1.807) is 7.11 Å². The molecule has 6 nitrogen and oxygen atoms in total. The Morgan fingerprint density at radius 1 is 1.22 bits per heavy atom. The molecule has 124 valence electrons. The lowest BCUT2D eigenvalue weighted by Crippen LogP contribution is -2.52. The van der Waals surface area contributed by atoms with E-state index in [4.69, 9.17) is 4.74 Å². The SMILES string of the molecule is COCCN1CCN(Cc2cn(-c3ccccc3)nn2)C[C@H]1C. The first-order valence-electron chi connectivity index (χ1n) is 8.18. The van der Waals surface area contributed by atoms with Gasteiger partial charge in [0.25, 0.3) is 0 Å². The Bertz CT molecular complexity index is 600. The number of methoxy groups -OCH3 is 1. The molecular formula is C17H25N5O. The summed E-state index contributed by atoms with van der Waals surface area (Å²) < 4.78 is 7.02. The quantitative estimate of drug-likeness (QED) is 0.807. The van der Waals surface area contributed by atoms with Crippen LogP contribution in [0.15, 0.2) is 36.5 Å². The predicted octanol–water partition coefficient (Wildman–Crippen LogP) is 1.42. The van der Waals surface area contributed by atoms with E-state index in [9.17, 15) is 0 Å². The largest absolute Gasteiger partial charge is 0.383 e. The number of rotatable bonds is 6. The van der Waals surface area contributed by atoms with Gasteiger partial charge < -0.3 is 4.74 Å². The Hall–Kier alpha value is -1.76. The number of para-hydroxylation sites is 1. The Kier molecular flexibility index (Phi) is 5.38. The molecule has 0 amide bonds. The molecule has 2 aromatic rings. The fourth-order valence-electron chi connectivity index (χ4n) is 3.06. The molecule has 0 N–H and O–H groups in total. The number of ether oxygens (including phenoxy) is 1. The van der Waals surface area contributed by atoms with E-state index in [0.29, 0.717) is 6.04 Å². The molecule has 3 rings (SSSR count). The van der Waals surface area contributed by atoms with Crippen LogP contribution < -0.4 is 0 Å². The molecule has 0 unspecified atom stereocenters. The molecule has 0 aliphatic carbocycles. The average molecular weight is 315 g/mol. The monoisotopic (exact) mass is 315 g/mol. The maximum absolute atomic E-state index is 5.18. The van der Waals surface area contributed by atoms with Crippen molar-refractivity contribution in [3.05, 3.63) is 42.2 Å². The molecule has 6 heteroatoms. The second kappa shape index (κ2) is 7.68. The zero-order chi connectivity index (χ0) is 16.1. The van der Waals surface area contributed by atoms with Gasteiger partial charge in [-0.15, -0.1) is 5.10 Å². The zero-order valence-corrected chi connectivity index (χ0v) is 13.9. The van der Waals surface area contributed by atoms with Crippen molar-refractivity contribution in [3.63, 3.8) is 0 Å². The highest BCUT2D eigenvalue weighted by Crippen LogP contribution is 2.13. The molecule has 1 atom stereocenters. The van der Waals surface area contributed by atoms with Crippen LogP contribution in [0.1, 0.15) is 12.6 Å². The minimum atomic E-state index is 0.545. The summed E-state index contributed by atoms with van der Waals surface area (Å²) in [5.41, 5.74) is 2.07. The van der Waals surface area contributed by atoms with Gasteiger partial charge in [-0.3, -0.25) is 9.80 Å². The average Bonchev–Trinajstić information content (AvgIpc) is 3.03. The summed E-state index contributed by atoms with van der Waals surface area (Å²) in [6.45, 7) is 8.15. The summed E-state index contributed by atoms with van der Waals surface area (Å²) in [6, 6.07) is 10.6. The summed E-state index contributed by atoms with van der Waals surface area (Å²) in [5, 5.41) is 8.56. The molecular weight excluding hydrogens is 290 g/mol. The van der Waals surface area contributed by atoms with Crippen molar-refractivity contribution in [2.24, 2.45) is 0 Å². The second-order valence-corrected chi connectivity index (χ2v) is 6.10. The molecule has 1 fully saturated rings. The Balaban J connectivity index is 1.56. The fraction of sp³-hybridized carbons (Fsp3) is 0.529. The van der Waals surface area contributed by atoms with E-state index in [1.165, 1.54) is 0 Å². The van der Waals surface area contributed by atoms with Crippen molar-refractivity contribution in [2.45, 2.75) is 19.5 Å². The van der Waals surface area contributed by atoms with Crippen LogP contribution in [0.25, 0.3) is 5.69 Å². The lowest BCUT2D eigenvalue weighted by molar-refractivity contribution is 0.0552. The van der Waals surface area contributed by atoms with Crippen molar-refractivity contribution in [1.82, 2.24) is 24.8 Å². The third-order valence-electron chi connectivity index (χ3n) is 4.38. The van der Waals surface area contributed by atoms with Crippen LogP contribution in [0.2, 0.25) is 0 Å². The molecule has 1 aromatic heterocycles. The number of hydrogen-bond acceptors (Lipinski definition) is 5. The minimum absolute atomic E-state index is 0.545. The van der Waals surface area contributed by atoms with Gasteiger partial charge in [0.05, 0.1) is 24.2 Å². The smallest absolute Gasteiger partial charge is 0.0971 e. The van der Waals surface area contributed by atoms with E-state index in [2.05, 4.69) is 27.0 Å². The van der Waals surface area contributed by atoms with E-state index < -0.39 is 0 Å². The zero-order valence-electron chi connectivity index (χ0n) is 13.9. The highest BCUT2D eigenvalue weighted by atomic mass is 16.5. The fourth-order valence-corrected chi connectivity index (χ4v) is 3.06. The molecule has 1 saturated heterocycles. The Labute approximate surface area is 137 Å². The van der Waals surface area contributed by atoms with Crippen LogP contribution in [0.4, 0.5) is 0 Å². The van der Waals surface area contributed by atoms with Crippen molar-refractivity contribution in [2.75, 3.05) is 39.9 Å². The van der Waals surface area contributed by atoms with Crippen LogP contribution in [0.3, 0.4) is 0 Å². The van der Waals surface area contributed by atoms with Gasteiger partial charge >= 0.3 is 0 Å². The summed E-state index contributed by atoms with van der Waals surface area (Å²) >= 11 is 0. The lowest BCUT2D eigenvalue weighted by Gasteiger charge is -2.39. The lowest BCUT2D eigenvalue weighted by atomic mass is 10.2. The predicted molar refractivity (Wildman–Crippen MR) is 89.5 cm³/mol. The third kappa shape index (κ3) is 4.16. The van der Waals surface area contributed by atoms with Gasteiger partial charge in [-0.25, -0.2) is 4.68 Å². The summed E-state index contributed by atoms with van der Waals surface area (Å²) in [7, 11) is 1.76. The number of nitrogens with zero attached hydrogens (tertiary/aromatic N) is 5. The molecule has 1 aromatic carbocycles. The van der Waals surface area contributed by atoms with Gasteiger partial charge in [0.2, 0.25) is 0 Å². The molecule has 23 heavy (non-hydrogen) atoms. The van der Waals surface area contributed by atoms with Crippen molar-refractivity contribution in [3.8, 4) is 5.69 Å². The standard InChI is InChI=1S/C17H25N5O/c1-15-12-20(8-9-21(15)10-11-23-2)13-16-14-22(19-18-16)17-6-4-3-5-7-17/h3-7,14-15H,8-13H2,1-2H3/t15-/m1/s1. The highest BCUT2D eigenvalue weighted by molar-refractivity contribution is 5.29. The van der Waals surface area contributed by atoms with Crippen molar-refractivity contribution in [1.29, 1.82) is 0 Å². The van der Waals surface area contributed by atoms with Crippen LogP contribution in [0, 0.1) is 0 Å². The maximum atomic E-state index is 5.18. The molecule has 0 bridgehead atoms. The van der Waals surface area contributed by atoms with E-state index in [1.807, 2.05) is 41.2 Å². The molecule has 0 saturated carbocycles. The molecule has 0 radical (unpaired) electrons. The minimum Gasteiger partial charge on any atom is -0.383 e. The summed E-state index contributed by atoms with van der Waals surface area (Å²) in [6.07, 6.45) is 2.03. The van der Waals surface area contributed by atoms with E-state index in [0.717, 1.165) is 50.7 Å². The number of hydrogen-bond donors (Lipinski definition) is 0. The van der Waals surface area contributed by atoms with Crippen LogP contribution in [-0.4, -0.2) is 70.7 Å². The second-order valence-electron chi connectivity index (χ2n) is 6.10. The topological polar surface area (TPSA) is 46.4 Å². The molecule has 1 aliphatic heterocycles. The third-order valence-corrected chi connectivity index (χ3v) is 4.38. The van der Waals surface area contributed by atoms with Crippen molar-refractivity contribution < 1.29 is 4.74 Å². The molecule has 0 spiro atoms. The number of benzene rings is 1. The van der Waals surface area contributed by atoms with Crippen molar-refractivity contribution >= 4 is 0 Å². The summed E-state index contributed by atoms with van der Waals surface area (Å²) in [4.78, 5) is 4.94. The van der Waals surface area contributed by atoms with Gasteiger partial charge in [0.15, 0.2) is 0 Å². The maximum Gasteiger partial charge on any atom is 0.0971 e. The van der Waals surface area contributed by atoms with Gasteiger partial charge in [-0.1, -0.05) is 23.4 Å². The Morgan fingerprint density at radius 3 is 2.78 bits per heavy atom. The first-order chi connectivity index (χ1) is 11.3. The normalized spacial score (nSPS) is 20.0. The highest BCUT2D eigenvalue weighted by Gasteiger charge is 2.23. The van der Waals surface area contributed by atoms with E-state index >= 15 is 0 Å². The van der Waals surface area contributed by atoms with Crippen LogP contribution >= 0.6 is 0 Å². The van der Waals surface area contributed by atoms with Gasteiger partial charge in [-0.05, 0) is 19.1 Å². The van der Waals surface area contributed by atoms with Crippen LogP contribution in [0.5, 0.6) is 0 Å². The molecule has 1 aliphatic rings. The van der Waals surface area contributed by atoms with Gasteiger partial charge in [-0.2, -0.15) is 0 Å². The first kappa shape index (κ1) is 16.1. The number of piperazine rings is 1. The summed E-state index contributed by atoms with van der Waals surface area (Å²) in [5.74, 6) is 0. The van der Waals surface area contributed by atoms with Gasteiger partial charge in [0.1, 0.15) is 0 Å². The Morgan fingerprint density at radius 2 is 2.04 bits per heavy atom. The van der Waals surface area contributed by atoms with E-state index in [-0.39, 0.29) is 0 Å². The van der Waals surface area contributed by atoms with Gasteiger partial charge in [0, 0.05) is 45.9 Å². The van der Waals surface area contributed by atoms with Crippen LogP contribution in [-0.2, 0) is 11.3 Å². The first-order valence-corrected chi connectivity index (χ1v) is 8.18.